The van der Waals surface area contributed by atoms with E-state index in [4.69, 9.17) is 4.74 Å². The molecule has 0 bridgehead atoms. The maximum absolute atomic E-state index is 13.5. The fourth-order valence-electron chi connectivity index (χ4n) is 8.15. The molecular formula is C23H36O3. The van der Waals surface area contributed by atoms with Crippen LogP contribution in [0.3, 0.4) is 0 Å². The smallest absolute Gasteiger partial charge is 0.302 e. The molecule has 4 aliphatic carbocycles. The fourth-order valence-corrected chi connectivity index (χ4v) is 8.15. The summed E-state index contributed by atoms with van der Waals surface area (Å²) in [6, 6.07) is 0. The van der Waals surface area contributed by atoms with E-state index in [1.165, 1.54) is 39.0 Å². The highest BCUT2D eigenvalue weighted by atomic mass is 16.5. The molecule has 4 fully saturated rings. The monoisotopic (exact) mass is 360 g/mol. The van der Waals surface area contributed by atoms with Crippen LogP contribution in [0.1, 0.15) is 85.5 Å². The number of carbonyl (C=O) groups excluding carboxylic acids is 2. The summed E-state index contributed by atoms with van der Waals surface area (Å²) >= 11 is 0. The molecule has 0 aromatic rings. The van der Waals surface area contributed by atoms with Crippen molar-refractivity contribution in [1.29, 1.82) is 0 Å². The Labute approximate surface area is 158 Å². The van der Waals surface area contributed by atoms with Gasteiger partial charge in [0, 0.05) is 19.3 Å². The molecule has 3 heteroatoms. The molecule has 0 aromatic carbocycles. The average molecular weight is 361 g/mol. The van der Waals surface area contributed by atoms with E-state index in [1.54, 1.807) is 0 Å². The van der Waals surface area contributed by atoms with Gasteiger partial charge in [-0.25, -0.2) is 0 Å². The lowest BCUT2D eigenvalue weighted by Crippen LogP contribution is -2.57. The summed E-state index contributed by atoms with van der Waals surface area (Å²) in [5.74, 6) is 3.29. The van der Waals surface area contributed by atoms with Gasteiger partial charge in [-0.2, -0.15) is 0 Å². The molecule has 0 N–H and O–H groups in total. The van der Waals surface area contributed by atoms with E-state index >= 15 is 0 Å². The molecule has 26 heavy (non-hydrogen) atoms. The second-order valence-electron chi connectivity index (χ2n) is 10.4. The summed E-state index contributed by atoms with van der Waals surface area (Å²) < 4.78 is 5.54. The maximum atomic E-state index is 13.5. The van der Waals surface area contributed by atoms with Crippen LogP contribution in [0.15, 0.2) is 0 Å². The summed E-state index contributed by atoms with van der Waals surface area (Å²) in [6.45, 7) is 8.65. The average Bonchev–Trinajstić information content (AvgIpc) is 2.90. The lowest BCUT2D eigenvalue weighted by atomic mass is 9.44. The number of rotatable bonds is 2. The van der Waals surface area contributed by atoms with Crippen molar-refractivity contribution in [3.8, 4) is 0 Å². The first-order valence-electron chi connectivity index (χ1n) is 11.0. The van der Waals surface area contributed by atoms with Gasteiger partial charge in [0.2, 0.25) is 0 Å². The Kier molecular flexibility index (Phi) is 4.51. The summed E-state index contributed by atoms with van der Waals surface area (Å²) in [4.78, 5) is 24.8. The topological polar surface area (TPSA) is 43.4 Å². The SMILES string of the molecule is CC[C@H]1CC[C@H]2[C@@H]3CC[C@@H]4C[C@@H](OC(C)=O)CC[C@]4(C)[C@H]3C(=O)C[C@]12C. The lowest BCUT2D eigenvalue weighted by Gasteiger charge is -2.60. The number of hydrogen-bond acceptors (Lipinski definition) is 3. The van der Waals surface area contributed by atoms with Gasteiger partial charge in [-0.1, -0.05) is 27.2 Å². The van der Waals surface area contributed by atoms with Crippen LogP contribution >= 0.6 is 0 Å². The van der Waals surface area contributed by atoms with Crippen LogP contribution in [0.2, 0.25) is 0 Å². The number of hydrogen-bond donors (Lipinski definition) is 0. The second-order valence-corrected chi connectivity index (χ2v) is 10.4. The van der Waals surface area contributed by atoms with Gasteiger partial charge >= 0.3 is 5.97 Å². The summed E-state index contributed by atoms with van der Waals surface area (Å²) in [6.07, 6.45) is 10.1. The Morgan fingerprint density at radius 3 is 2.58 bits per heavy atom. The van der Waals surface area contributed by atoms with E-state index in [1.807, 2.05) is 0 Å². The number of ether oxygens (including phenoxy) is 1. The van der Waals surface area contributed by atoms with Gasteiger partial charge in [-0.15, -0.1) is 0 Å². The number of ketones is 1. The first kappa shape index (κ1) is 18.5. The highest BCUT2D eigenvalue weighted by Gasteiger charge is 2.62. The van der Waals surface area contributed by atoms with Crippen molar-refractivity contribution >= 4 is 11.8 Å². The van der Waals surface area contributed by atoms with Crippen molar-refractivity contribution in [2.75, 3.05) is 0 Å². The van der Waals surface area contributed by atoms with Gasteiger partial charge in [0.15, 0.2) is 0 Å². The molecule has 0 aromatic heterocycles. The third kappa shape index (κ3) is 2.59. The van der Waals surface area contributed by atoms with Crippen molar-refractivity contribution in [3.05, 3.63) is 0 Å². The molecule has 4 rings (SSSR count). The van der Waals surface area contributed by atoms with Crippen molar-refractivity contribution in [2.24, 2.45) is 40.4 Å². The molecule has 146 valence electrons. The van der Waals surface area contributed by atoms with Crippen LogP contribution in [-0.4, -0.2) is 17.9 Å². The standard InChI is InChI=1S/C23H36O3/c1-5-15-7-9-19-18-8-6-16-12-17(26-14(2)24)10-11-22(16,3)21(18)20(25)13-23(15,19)4/h15-19,21H,5-13H2,1-4H3/t15-,16+,17-,18-,19-,21+,22-,23+/m0/s1. The molecule has 0 spiro atoms. The predicted octanol–water partition coefficient (Wildman–Crippen LogP) is 5.17. The predicted molar refractivity (Wildman–Crippen MR) is 101 cm³/mol. The number of carbonyl (C=O) groups is 2. The number of esters is 1. The van der Waals surface area contributed by atoms with Gasteiger partial charge in [0.25, 0.3) is 0 Å². The highest BCUT2D eigenvalue weighted by Crippen LogP contribution is 2.66. The van der Waals surface area contributed by atoms with Crippen molar-refractivity contribution in [3.63, 3.8) is 0 Å². The van der Waals surface area contributed by atoms with Crippen molar-refractivity contribution < 1.29 is 14.3 Å². The Balaban J connectivity index is 1.59. The van der Waals surface area contributed by atoms with Gasteiger partial charge < -0.3 is 4.74 Å². The molecular weight excluding hydrogens is 324 g/mol. The first-order valence-corrected chi connectivity index (χ1v) is 11.0. The fraction of sp³-hybridized carbons (Fsp3) is 0.913. The lowest BCUT2D eigenvalue weighted by molar-refractivity contribution is -0.169. The molecule has 0 saturated heterocycles. The van der Waals surface area contributed by atoms with Crippen molar-refractivity contribution in [1.82, 2.24) is 0 Å². The minimum absolute atomic E-state index is 0.0713. The molecule has 4 aliphatic rings. The Morgan fingerprint density at radius 2 is 1.88 bits per heavy atom. The number of Topliss-reactive ketones (excluding diaryl/α,β-unsaturated/α-hetero) is 1. The molecule has 0 heterocycles. The third-order valence-corrected chi connectivity index (χ3v) is 9.32. The summed E-state index contributed by atoms with van der Waals surface area (Å²) in [5.41, 5.74) is 0.382. The minimum Gasteiger partial charge on any atom is -0.463 e. The van der Waals surface area contributed by atoms with E-state index in [-0.39, 0.29) is 28.8 Å². The van der Waals surface area contributed by atoms with Crippen LogP contribution < -0.4 is 0 Å². The van der Waals surface area contributed by atoms with Crippen LogP contribution in [0.4, 0.5) is 0 Å². The molecule has 8 atom stereocenters. The molecule has 3 nitrogen and oxygen atoms in total. The quantitative estimate of drug-likeness (QED) is 0.638. The van der Waals surface area contributed by atoms with E-state index < -0.39 is 0 Å². The van der Waals surface area contributed by atoms with E-state index in [2.05, 4.69) is 20.8 Å². The zero-order valence-corrected chi connectivity index (χ0v) is 17.1. The zero-order valence-electron chi connectivity index (χ0n) is 17.1. The molecule has 0 radical (unpaired) electrons. The Hall–Kier alpha value is -0.860. The molecule has 0 aliphatic heterocycles. The first-order chi connectivity index (χ1) is 12.3. The second kappa shape index (κ2) is 6.34. The number of fused-ring (bicyclic) bond motifs is 5. The zero-order chi connectivity index (χ0) is 18.7. The van der Waals surface area contributed by atoms with Crippen LogP contribution in [-0.2, 0) is 14.3 Å². The van der Waals surface area contributed by atoms with Crippen molar-refractivity contribution in [2.45, 2.75) is 91.6 Å². The van der Waals surface area contributed by atoms with E-state index in [0.29, 0.717) is 17.6 Å². The van der Waals surface area contributed by atoms with E-state index in [0.717, 1.165) is 37.5 Å². The highest BCUT2D eigenvalue weighted by molar-refractivity contribution is 5.84. The van der Waals surface area contributed by atoms with Gasteiger partial charge in [0.05, 0.1) is 0 Å². The Bertz CT molecular complexity index is 598. The normalized spacial score (nSPS) is 50.5. The minimum atomic E-state index is -0.159. The molecule has 4 saturated carbocycles. The van der Waals surface area contributed by atoms with Crippen LogP contribution in [0, 0.1) is 40.4 Å². The van der Waals surface area contributed by atoms with E-state index in [9.17, 15) is 9.59 Å². The third-order valence-electron chi connectivity index (χ3n) is 9.32. The molecule has 0 amide bonds. The van der Waals surface area contributed by atoms with Gasteiger partial charge in [-0.05, 0) is 79.4 Å². The maximum Gasteiger partial charge on any atom is 0.302 e. The van der Waals surface area contributed by atoms with Crippen LogP contribution in [0.5, 0.6) is 0 Å². The summed E-state index contributed by atoms with van der Waals surface area (Å²) in [7, 11) is 0. The largest absolute Gasteiger partial charge is 0.463 e. The van der Waals surface area contributed by atoms with Crippen LogP contribution in [0.25, 0.3) is 0 Å². The summed E-state index contributed by atoms with van der Waals surface area (Å²) in [5, 5.41) is 0. The Morgan fingerprint density at radius 1 is 1.12 bits per heavy atom. The van der Waals surface area contributed by atoms with Gasteiger partial charge in [-0.3, -0.25) is 9.59 Å². The molecule has 0 unspecified atom stereocenters. The van der Waals surface area contributed by atoms with Gasteiger partial charge in [0.1, 0.15) is 11.9 Å².